The van der Waals surface area contributed by atoms with Crippen molar-refractivity contribution in [3.63, 3.8) is 0 Å². The van der Waals surface area contributed by atoms with E-state index in [9.17, 15) is 24.3 Å². The van der Waals surface area contributed by atoms with Crippen LogP contribution < -0.4 is 16.0 Å². The van der Waals surface area contributed by atoms with Gasteiger partial charge in [0.2, 0.25) is 11.8 Å². The van der Waals surface area contributed by atoms with Gasteiger partial charge in [-0.25, -0.2) is 9.59 Å². The predicted octanol–water partition coefficient (Wildman–Crippen LogP) is 4.45. The maximum atomic E-state index is 12.0. The first-order valence-corrected chi connectivity index (χ1v) is 13.9. The van der Waals surface area contributed by atoms with Crippen LogP contribution in [0.4, 0.5) is 9.59 Å². The number of carboxylic acid groups (broad SMARTS) is 1. The van der Waals surface area contributed by atoms with E-state index in [0.717, 1.165) is 24.0 Å². The summed E-state index contributed by atoms with van der Waals surface area (Å²) in [5.74, 6) is -0.108. The minimum absolute atomic E-state index is 0.0471. The number of nitrogens with zero attached hydrogens (tertiary/aromatic N) is 1. The van der Waals surface area contributed by atoms with Crippen LogP contribution in [-0.2, 0) is 27.5 Å². The molecule has 218 valence electrons. The summed E-state index contributed by atoms with van der Waals surface area (Å²) in [6.45, 7) is 2.49. The van der Waals surface area contributed by atoms with Gasteiger partial charge in [0.05, 0.1) is 0 Å². The van der Waals surface area contributed by atoms with Crippen molar-refractivity contribution in [3.05, 3.63) is 71.8 Å². The highest BCUT2D eigenvalue weighted by Crippen LogP contribution is 2.07. The number of rotatable bonds is 19. The summed E-state index contributed by atoms with van der Waals surface area (Å²) in [6, 6.07) is 18.9. The topological polar surface area (TPSA) is 137 Å². The van der Waals surface area contributed by atoms with Gasteiger partial charge in [-0.2, -0.15) is 0 Å². The van der Waals surface area contributed by atoms with Crippen LogP contribution in [-0.4, -0.2) is 60.2 Å². The van der Waals surface area contributed by atoms with Gasteiger partial charge in [0, 0.05) is 45.6 Å². The Labute approximate surface area is 236 Å². The largest absolute Gasteiger partial charge is 0.465 e. The first-order chi connectivity index (χ1) is 19.4. The van der Waals surface area contributed by atoms with Crippen LogP contribution in [0.15, 0.2) is 60.7 Å². The van der Waals surface area contributed by atoms with E-state index in [1.807, 2.05) is 60.7 Å². The lowest BCUT2D eigenvalue weighted by atomic mass is 10.1. The van der Waals surface area contributed by atoms with E-state index in [4.69, 9.17) is 4.74 Å². The Balaban J connectivity index is 1.39. The molecule has 0 atom stereocenters. The van der Waals surface area contributed by atoms with Crippen LogP contribution in [0.2, 0.25) is 0 Å². The summed E-state index contributed by atoms with van der Waals surface area (Å²) in [4.78, 5) is 48.5. The molecule has 0 saturated heterocycles. The zero-order valence-corrected chi connectivity index (χ0v) is 23.1. The number of hydrogen-bond donors (Lipinski definition) is 4. The average Bonchev–Trinajstić information content (AvgIpc) is 2.96. The summed E-state index contributed by atoms with van der Waals surface area (Å²) in [5.41, 5.74) is 1.87. The molecule has 40 heavy (non-hydrogen) atoms. The van der Waals surface area contributed by atoms with Crippen molar-refractivity contribution in [2.75, 3.05) is 26.2 Å². The molecule has 0 spiro atoms. The Kier molecular flexibility index (Phi) is 16.0. The lowest BCUT2D eigenvalue weighted by Gasteiger charge is -2.19. The third kappa shape index (κ3) is 15.4. The van der Waals surface area contributed by atoms with E-state index in [-0.39, 0.29) is 18.4 Å². The number of benzene rings is 2. The number of hydrogen-bond acceptors (Lipinski definition) is 5. The smallest absolute Gasteiger partial charge is 0.407 e. The van der Waals surface area contributed by atoms with E-state index >= 15 is 0 Å². The zero-order chi connectivity index (χ0) is 28.8. The zero-order valence-electron chi connectivity index (χ0n) is 23.1. The van der Waals surface area contributed by atoms with Crippen LogP contribution in [0.1, 0.15) is 62.5 Å². The molecule has 2 aromatic rings. The molecule has 0 fully saturated rings. The Bertz CT molecular complexity index is 1020. The SMILES string of the molecule is O=C(CCCCC(=O)NCCCCN(Cc1ccccc1)C(=O)O)NCCCCNC(=O)OCc1ccccc1. The predicted molar refractivity (Wildman–Crippen MR) is 152 cm³/mol. The van der Waals surface area contributed by atoms with Gasteiger partial charge in [0.25, 0.3) is 0 Å². The molecule has 0 aliphatic carbocycles. The summed E-state index contributed by atoms with van der Waals surface area (Å²) >= 11 is 0. The first-order valence-electron chi connectivity index (χ1n) is 13.9. The van der Waals surface area contributed by atoms with Crippen LogP contribution in [0.25, 0.3) is 0 Å². The number of amides is 4. The molecule has 0 aliphatic rings. The van der Waals surface area contributed by atoms with Crippen LogP contribution in [0.5, 0.6) is 0 Å². The van der Waals surface area contributed by atoms with Gasteiger partial charge in [0.15, 0.2) is 0 Å². The van der Waals surface area contributed by atoms with Crippen molar-refractivity contribution in [2.24, 2.45) is 0 Å². The van der Waals surface area contributed by atoms with Gasteiger partial charge < -0.3 is 30.7 Å². The van der Waals surface area contributed by atoms with Crippen LogP contribution in [0.3, 0.4) is 0 Å². The molecular weight excluding hydrogens is 512 g/mol. The number of ether oxygens (including phenoxy) is 1. The molecule has 0 radical (unpaired) electrons. The standard InChI is InChI=1S/C30H42N4O6/c35-27(31-19-9-10-21-33-29(37)40-24-26-15-5-2-6-16-26)17-7-8-18-28(36)32-20-11-12-22-34(30(38)39)23-25-13-3-1-4-14-25/h1-6,13-16H,7-12,17-24H2,(H,31,35)(H,32,36)(H,33,37)(H,38,39). The van der Waals surface area contributed by atoms with E-state index < -0.39 is 12.2 Å². The fraction of sp³-hybridized carbons (Fsp3) is 0.467. The number of alkyl carbamates (subject to hydrolysis) is 1. The van der Waals surface area contributed by atoms with Crippen LogP contribution >= 0.6 is 0 Å². The Morgan fingerprint density at radius 1 is 0.650 bits per heavy atom. The second-order valence-electron chi connectivity index (χ2n) is 9.50. The Morgan fingerprint density at radius 3 is 1.70 bits per heavy atom. The van der Waals surface area contributed by atoms with Crippen molar-refractivity contribution >= 4 is 24.0 Å². The van der Waals surface area contributed by atoms with Crippen molar-refractivity contribution < 1.29 is 29.0 Å². The molecule has 2 aromatic carbocycles. The average molecular weight is 555 g/mol. The van der Waals surface area contributed by atoms with Gasteiger partial charge >= 0.3 is 12.2 Å². The molecule has 0 bridgehead atoms. The van der Waals surface area contributed by atoms with Crippen molar-refractivity contribution in [1.29, 1.82) is 0 Å². The minimum Gasteiger partial charge on any atom is -0.465 e. The molecule has 10 nitrogen and oxygen atoms in total. The van der Waals surface area contributed by atoms with Crippen molar-refractivity contribution in [1.82, 2.24) is 20.9 Å². The van der Waals surface area contributed by atoms with Crippen LogP contribution in [0, 0.1) is 0 Å². The molecule has 2 rings (SSSR count). The lowest BCUT2D eigenvalue weighted by Crippen LogP contribution is -2.31. The molecule has 10 heteroatoms. The summed E-state index contributed by atoms with van der Waals surface area (Å²) < 4.78 is 5.14. The molecule has 0 saturated carbocycles. The highest BCUT2D eigenvalue weighted by Gasteiger charge is 2.12. The fourth-order valence-corrected chi connectivity index (χ4v) is 3.89. The molecular formula is C30H42N4O6. The molecule has 4 N–H and O–H groups in total. The van der Waals surface area contributed by atoms with Gasteiger partial charge in [0.1, 0.15) is 6.61 Å². The number of nitrogens with one attached hydrogen (secondary N) is 3. The summed E-state index contributed by atoms with van der Waals surface area (Å²) in [5, 5.41) is 17.8. The van der Waals surface area contributed by atoms with Gasteiger partial charge in [-0.05, 0) is 49.7 Å². The molecule has 4 amide bonds. The van der Waals surface area contributed by atoms with Gasteiger partial charge in [-0.3, -0.25) is 9.59 Å². The van der Waals surface area contributed by atoms with E-state index in [0.29, 0.717) is 71.2 Å². The highest BCUT2D eigenvalue weighted by molar-refractivity contribution is 5.77. The minimum atomic E-state index is -0.953. The summed E-state index contributed by atoms with van der Waals surface area (Å²) in [7, 11) is 0. The third-order valence-electron chi connectivity index (χ3n) is 6.13. The number of carbonyl (C=O) groups excluding carboxylic acids is 3. The third-order valence-corrected chi connectivity index (χ3v) is 6.13. The van der Waals surface area contributed by atoms with Crippen molar-refractivity contribution in [2.45, 2.75) is 64.5 Å². The highest BCUT2D eigenvalue weighted by atomic mass is 16.5. The lowest BCUT2D eigenvalue weighted by molar-refractivity contribution is -0.123. The first kappa shape index (κ1) is 32.1. The second-order valence-corrected chi connectivity index (χ2v) is 9.50. The van der Waals surface area contributed by atoms with Crippen molar-refractivity contribution in [3.8, 4) is 0 Å². The normalized spacial score (nSPS) is 10.4. The number of carbonyl (C=O) groups is 4. The molecule has 0 unspecified atom stereocenters. The monoisotopic (exact) mass is 554 g/mol. The fourth-order valence-electron chi connectivity index (χ4n) is 3.89. The van der Waals surface area contributed by atoms with Gasteiger partial charge in [-0.1, -0.05) is 60.7 Å². The van der Waals surface area contributed by atoms with E-state index in [1.165, 1.54) is 4.90 Å². The van der Waals surface area contributed by atoms with E-state index in [1.54, 1.807) is 0 Å². The summed E-state index contributed by atoms with van der Waals surface area (Å²) in [6.07, 6.45) is 3.38. The molecule has 0 aromatic heterocycles. The van der Waals surface area contributed by atoms with Gasteiger partial charge in [-0.15, -0.1) is 0 Å². The maximum Gasteiger partial charge on any atom is 0.407 e. The molecule has 0 aliphatic heterocycles. The Hall–Kier alpha value is -4.08. The quantitative estimate of drug-likeness (QED) is 0.189. The second kappa shape index (κ2) is 19.9. The number of unbranched alkanes of at least 4 members (excludes halogenated alkanes) is 3. The molecule has 0 heterocycles. The Morgan fingerprint density at radius 2 is 1.15 bits per heavy atom. The van der Waals surface area contributed by atoms with E-state index in [2.05, 4.69) is 16.0 Å². The maximum absolute atomic E-state index is 12.0.